The molecule has 0 aliphatic carbocycles. The second kappa shape index (κ2) is 10.2. The number of aliphatic imine (C=N–C) groups is 1. The van der Waals surface area contributed by atoms with Gasteiger partial charge in [0.25, 0.3) is 0 Å². The standard InChI is InChI=1S/C32H25F3N2O4/c1-17-10-12-23(14-18(17)2)37-27-16-22(32(33,34)35)11-13-25(27)28(30(37)39)19(3)36-26-9-5-8-24(29(26)38)20-6-4-7-21(15-20)31(40)41/h4-16,38-39H,1-3H3,(H,40,41). The average Bonchev–Trinajstić information content (AvgIpc) is 3.22. The van der Waals surface area contributed by atoms with E-state index in [1.165, 1.54) is 22.8 Å². The van der Waals surface area contributed by atoms with Gasteiger partial charge in [-0.1, -0.05) is 36.4 Å². The Kier molecular flexibility index (Phi) is 6.82. The van der Waals surface area contributed by atoms with Crippen LogP contribution in [-0.2, 0) is 6.18 Å². The number of carbonyl (C=O) groups is 1. The third-order valence-electron chi connectivity index (χ3n) is 7.10. The lowest BCUT2D eigenvalue weighted by molar-refractivity contribution is -0.137. The maximum atomic E-state index is 13.7. The summed E-state index contributed by atoms with van der Waals surface area (Å²) in [6, 6.07) is 19.5. The number of hydrogen-bond acceptors (Lipinski definition) is 4. The molecule has 0 bridgehead atoms. The molecule has 6 nitrogen and oxygen atoms in total. The minimum absolute atomic E-state index is 0.0503. The SMILES string of the molecule is CC(=Nc1cccc(-c2cccc(C(=O)O)c2)c1O)c1c(O)n(-c2ccc(C)c(C)c2)c2cc(C(F)(F)F)ccc12. The molecule has 1 aromatic heterocycles. The molecule has 3 N–H and O–H groups in total. The Morgan fingerprint density at radius 1 is 0.878 bits per heavy atom. The van der Waals surface area contributed by atoms with Crippen molar-refractivity contribution < 1.29 is 33.3 Å². The molecule has 0 radical (unpaired) electrons. The van der Waals surface area contributed by atoms with Crippen molar-refractivity contribution in [3.05, 3.63) is 107 Å². The van der Waals surface area contributed by atoms with E-state index < -0.39 is 17.7 Å². The fraction of sp³-hybridized carbons (Fsp3) is 0.125. The van der Waals surface area contributed by atoms with Crippen LogP contribution in [0.3, 0.4) is 0 Å². The molecule has 0 saturated heterocycles. The smallest absolute Gasteiger partial charge is 0.416 e. The van der Waals surface area contributed by atoms with E-state index in [4.69, 9.17) is 0 Å². The van der Waals surface area contributed by atoms with Crippen LogP contribution in [0.5, 0.6) is 11.6 Å². The van der Waals surface area contributed by atoms with Gasteiger partial charge in [0, 0.05) is 16.6 Å². The fourth-order valence-electron chi connectivity index (χ4n) is 4.84. The summed E-state index contributed by atoms with van der Waals surface area (Å²) < 4.78 is 42.3. The molecule has 1 heterocycles. The second-order valence-corrected chi connectivity index (χ2v) is 9.79. The van der Waals surface area contributed by atoms with Crippen molar-refractivity contribution in [1.29, 1.82) is 0 Å². The van der Waals surface area contributed by atoms with Gasteiger partial charge in [-0.15, -0.1) is 0 Å². The number of nitrogens with zero attached hydrogens (tertiary/aromatic N) is 2. The zero-order valence-electron chi connectivity index (χ0n) is 22.3. The van der Waals surface area contributed by atoms with Crippen LogP contribution >= 0.6 is 0 Å². The van der Waals surface area contributed by atoms with E-state index in [1.807, 2.05) is 19.9 Å². The molecule has 0 amide bonds. The Hall–Kier alpha value is -5.05. The van der Waals surface area contributed by atoms with E-state index in [1.54, 1.807) is 49.4 Å². The van der Waals surface area contributed by atoms with Gasteiger partial charge in [-0.2, -0.15) is 13.2 Å². The number of benzene rings is 4. The first-order chi connectivity index (χ1) is 19.4. The number of halogens is 3. The lowest BCUT2D eigenvalue weighted by Crippen LogP contribution is -2.05. The molecule has 0 unspecified atom stereocenters. The van der Waals surface area contributed by atoms with E-state index in [2.05, 4.69) is 4.99 Å². The monoisotopic (exact) mass is 558 g/mol. The fourth-order valence-corrected chi connectivity index (χ4v) is 4.84. The Labute approximate surface area is 233 Å². The molecular formula is C32H25F3N2O4. The van der Waals surface area contributed by atoms with Gasteiger partial charge in [0.1, 0.15) is 11.4 Å². The topological polar surface area (TPSA) is 95.1 Å². The summed E-state index contributed by atoms with van der Waals surface area (Å²) in [5.74, 6) is -1.62. The quantitative estimate of drug-likeness (QED) is 0.190. The molecule has 4 aromatic carbocycles. The van der Waals surface area contributed by atoms with Crippen LogP contribution in [0.25, 0.3) is 27.7 Å². The predicted molar refractivity (Wildman–Crippen MR) is 152 cm³/mol. The second-order valence-electron chi connectivity index (χ2n) is 9.79. The molecule has 5 rings (SSSR count). The minimum Gasteiger partial charge on any atom is -0.505 e. The number of alkyl halides is 3. The molecule has 0 fully saturated rings. The maximum absolute atomic E-state index is 13.7. The number of aryl methyl sites for hydroxylation is 2. The lowest BCUT2D eigenvalue weighted by atomic mass is 10.0. The van der Waals surface area contributed by atoms with Crippen molar-refractivity contribution in [1.82, 2.24) is 4.57 Å². The van der Waals surface area contributed by atoms with E-state index in [-0.39, 0.29) is 39.7 Å². The van der Waals surface area contributed by atoms with Crippen molar-refractivity contribution in [3.63, 3.8) is 0 Å². The number of carboxylic acids is 1. The van der Waals surface area contributed by atoms with Crippen molar-refractivity contribution in [2.75, 3.05) is 0 Å². The van der Waals surface area contributed by atoms with Crippen LogP contribution in [-0.4, -0.2) is 31.6 Å². The highest BCUT2D eigenvalue weighted by atomic mass is 19.4. The molecule has 0 saturated carbocycles. The Balaban J connectivity index is 1.70. The number of aromatic carboxylic acids is 1. The third-order valence-corrected chi connectivity index (χ3v) is 7.10. The van der Waals surface area contributed by atoms with Gasteiger partial charge in [0.2, 0.25) is 5.88 Å². The first-order valence-electron chi connectivity index (χ1n) is 12.6. The largest absolute Gasteiger partial charge is 0.505 e. The van der Waals surface area contributed by atoms with Gasteiger partial charge in [-0.05, 0) is 79.9 Å². The first-order valence-corrected chi connectivity index (χ1v) is 12.6. The van der Waals surface area contributed by atoms with Crippen LogP contribution < -0.4 is 0 Å². The molecular weight excluding hydrogens is 533 g/mol. The van der Waals surface area contributed by atoms with Crippen LogP contribution in [0.2, 0.25) is 0 Å². The van der Waals surface area contributed by atoms with Gasteiger partial charge in [0.05, 0.1) is 27.9 Å². The number of aromatic nitrogens is 1. The molecule has 0 atom stereocenters. The number of carboxylic acid groups (broad SMARTS) is 1. The summed E-state index contributed by atoms with van der Waals surface area (Å²) >= 11 is 0. The van der Waals surface area contributed by atoms with E-state index >= 15 is 0 Å². The molecule has 41 heavy (non-hydrogen) atoms. The maximum Gasteiger partial charge on any atom is 0.416 e. The summed E-state index contributed by atoms with van der Waals surface area (Å²) in [7, 11) is 0. The van der Waals surface area contributed by atoms with Gasteiger partial charge < -0.3 is 15.3 Å². The molecule has 9 heteroatoms. The highest BCUT2D eigenvalue weighted by Gasteiger charge is 2.32. The van der Waals surface area contributed by atoms with Gasteiger partial charge in [-0.25, -0.2) is 9.79 Å². The summed E-state index contributed by atoms with van der Waals surface area (Å²) in [4.78, 5) is 16.0. The Morgan fingerprint density at radius 2 is 1.61 bits per heavy atom. The van der Waals surface area contributed by atoms with Crippen LogP contribution in [0.1, 0.15) is 39.5 Å². The summed E-state index contributed by atoms with van der Waals surface area (Å²) in [6.45, 7) is 5.38. The summed E-state index contributed by atoms with van der Waals surface area (Å²) in [5.41, 5.74) is 3.12. The zero-order chi connectivity index (χ0) is 29.6. The lowest BCUT2D eigenvalue weighted by Gasteiger charge is -2.11. The van der Waals surface area contributed by atoms with Gasteiger partial charge in [0.15, 0.2) is 0 Å². The number of phenolic OH excluding ortho intramolecular Hbond substituents is 1. The summed E-state index contributed by atoms with van der Waals surface area (Å²) in [5, 5.41) is 32.2. The van der Waals surface area contributed by atoms with E-state index in [0.717, 1.165) is 23.3 Å². The van der Waals surface area contributed by atoms with Crippen LogP contribution in [0.4, 0.5) is 18.9 Å². The molecule has 5 aromatic rings. The van der Waals surface area contributed by atoms with Crippen molar-refractivity contribution >= 4 is 28.3 Å². The number of hydrogen-bond donors (Lipinski definition) is 3. The molecule has 208 valence electrons. The van der Waals surface area contributed by atoms with Crippen molar-refractivity contribution in [3.8, 4) is 28.4 Å². The molecule has 0 spiro atoms. The number of phenols is 1. The van der Waals surface area contributed by atoms with Crippen LogP contribution in [0, 0.1) is 13.8 Å². The Morgan fingerprint density at radius 3 is 2.29 bits per heavy atom. The van der Waals surface area contributed by atoms with Crippen LogP contribution in [0.15, 0.2) is 83.9 Å². The predicted octanol–water partition coefficient (Wildman–Crippen LogP) is 8.18. The highest BCUT2D eigenvalue weighted by molar-refractivity contribution is 6.13. The summed E-state index contributed by atoms with van der Waals surface area (Å²) in [6.07, 6.45) is -4.59. The molecule has 0 aliphatic rings. The van der Waals surface area contributed by atoms with Gasteiger partial charge in [-0.3, -0.25) is 4.57 Å². The number of para-hydroxylation sites is 1. The first kappa shape index (κ1) is 27.5. The normalized spacial score (nSPS) is 12.2. The zero-order valence-corrected chi connectivity index (χ0v) is 22.3. The average molecular weight is 559 g/mol. The highest BCUT2D eigenvalue weighted by Crippen LogP contribution is 2.41. The van der Waals surface area contributed by atoms with Crippen molar-refractivity contribution in [2.45, 2.75) is 26.9 Å². The molecule has 0 aliphatic heterocycles. The number of rotatable bonds is 5. The minimum atomic E-state index is -4.59. The number of aromatic hydroxyl groups is 2. The van der Waals surface area contributed by atoms with Gasteiger partial charge >= 0.3 is 12.1 Å². The van der Waals surface area contributed by atoms with E-state index in [0.29, 0.717) is 22.2 Å². The number of fused-ring (bicyclic) bond motifs is 1. The van der Waals surface area contributed by atoms with E-state index in [9.17, 15) is 33.3 Å². The third kappa shape index (κ3) is 5.02. The Bertz CT molecular complexity index is 1870. The van der Waals surface area contributed by atoms with Crippen molar-refractivity contribution in [2.24, 2.45) is 4.99 Å².